The van der Waals surface area contributed by atoms with Crippen LogP contribution in [0.25, 0.3) is 10.8 Å². The molecule has 1 aliphatic carbocycles. The molecule has 0 fully saturated rings. The third-order valence-electron chi connectivity index (χ3n) is 7.10. The highest BCUT2D eigenvalue weighted by atomic mass is 16.1. The van der Waals surface area contributed by atoms with E-state index in [-0.39, 0.29) is 11.9 Å². The molecule has 3 unspecified atom stereocenters. The zero-order valence-corrected chi connectivity index (χ0v) is 18.4. The Bertz CT molecular complexity index is 1350. The van der Waals surface area contributed by atoms with Gasteiger partial charge in [-0.15, -0.1) is 0 Å². The smallest absolute Gasteiger partial charge is 0.253 e. The highest BCUT2D eigenvalue weighted by Gasteiger charge is 2.39. The highest BCUT2D eigenvalue weighted by molar-refractivity contribution is 6.01. The molecule has 2 aliphatic rings. The van der Waals surface area contributed by atoms with Crippen molar-refractivity contribution >= 4 is 22.4 Å². The van der Waals surface area contributed by atoms with E-state index in [0.717, 1.165) is 17.7 Å². The van der Waals surface area contributed by atoms with Crippen molar-refractivity contribution in [1.82, 2.24) is 5.32 Å². The molecule has 3 heteroatoms. The van der Waals surface area contributed by atoms with Gasteiger partial charge in [0.15, 0.2) is 0 Å². The fourth-order valence-corrected chi connectivity index (χ4v) is 5.51. The van der Waals surface area contributed by atoms with Crippen LogP contribution in [-0.4, -0.2) is 5.91 Å². The predicted octanol–water partition coefficient (Wildman–Crippen LogP) is 6.60. The van der Waals surface area contributed by atoms with Crippen molar-refractivity contribution in [2.24, 2.45) is 5.92 Å². The van der Waals surface area contributed by atoms with Gasteiger partial charge in [-0.3, -0.25) is 4.79 Å². The molecule has 162 valence electrons. The number of hydrogen-bond donors (Lipinski definition) is 2. The molecule has 1 heterocycles. The van der Waals surface area contributed by atoms with Gasteiger partial charge in [0.1, 0.15) is 0 Å². The zero-order chi connectivity index (χ0) is 22.2. The number of benzene rings is 4. The Hall–Kier alpha value is -3.85. The summed E-state index contributed by atoms with van der Waals surface area (Å²) in [7, 11) is 0. The first-order chi connectivity index (χ1) is 16.3. The standard InChI is InChI=1S/C30H26N2O/c33-30(31-19-20-9-2-1-3-10-20)27-18-8-17-26-23-14-7-16-25(23)28(32-29(26)27)24-15-6-12-21-11-4-5-13-22(21)24/h1-15,17-18,23,25,28,32H,16,19H2,(H,31,33). The lowest BCUT2D eigenvalue weighted by atomic mass is 9.75. The molecule has 1 amide bonds. The number of amides is 1. The molecule has 0 saturated carbocycles. The van der Waals surface area contributed by atoms with Crippen molar-refractivity contribution in [3.63, 3.8) is 0 Å². The first-order valence-corrected chi connectivity index (χ1v) is 11.7. The maximum atomic E-state index is 13.3. The molecule has 3 nitrogen and oxygen atoms in total. The van der Waals surface area contributed by atoms with Crippen LogP contribution in [0.2, 0.25) is 0 Å². The van der Waals surface area contributed by atoms with Gasteiger partial charge in [-0.1, -0.05) is 97.1 Å². The summed E-state index contributed by atoms with van der Waals surface area (Å²) in [6.07, 6.45) is 5.66. The average molecular weight is 431 g/mol. The molecule has 4 aromatic carbocycles. The SMILES string of the molecule is O=C(NCc1ccccc1)c1cccc2c1NC(c1cccc3ccccc13)C1CC=CC21. The Labute approximate surface area is 194 Å². The number of fused-ring (bicyclic) bond motifs is 4. The fraction of sp³-hybridized carbons (Fsp3) is 0.167. The number of anilines is 1. The van der Waals surface area contributed by atoms with E-state index in [2.05, 4.69) is 71.3 Å². The van der Waals surface area contributed by atoms with Crippen LogP contribution >= 0.6 is 0 Å². The van der Waals surface area contributed by atoms with Crippen LogP contribution in [0.5, 0.6) is 0 Å². The van der Waals surface area contributed by atoms with Gasteiger partial charge in [-0.05, 0) is 45.9 Å². The maximum absolute atomic E-state index is 13.3. The van der Waals surface area contributed by atoms with Crippen LogP contribution in [-0.2, 0) is 6.54 Å². The number of hydrogen-bond acceptors (Lipinski definition) is 2. The third-order valence-corrected chi connectivity index (χ3v) is 7.10. The summed E-state index contributed by atoms with van der Waals surface area (Å²) in [6, 6.07) is 31.4. The Kier molecular flexibility index (Phi) is 4.95. The summed E-state index contributed by atoms with van der Waals surface area (Å²) in [5.74, 6) is 0.707. The van der Waals surface area contributed by atoms with Crippen molar-refractivity contribution in [1.29, 1.82) is 0 Å². The highest BCUT2D eigenvalue weighted by Crippen LogP contribution is 2.51. The molecular weight excluding hydrogens is 404 g/mol. The predicted molar refractivity (Wildman–Crippen MR) is 134 cm³/mol. The number of carbonyl (C=O) groups is 1. The Morgan fingerprint density at radius 3 is 2.52 bits per heavy atom. The van der Waals surface area contributed by atoms with Crippen LogP contribution in [0.1, 0.15) is 45.4 Å². The van der Waals surface area contributed by atoms with Gasteiger partial charge in [0.25, 0.3) is 5.91 Å². The van der Waals surface area contributed by atoms with Crippen LogP contribution < -0.4 is 10.6 Å². The normalized spacial score (nSPS) is 20.7. The summed E-state index contributed by atoms with van der Waals surface area (Å²) in [4.78, 5) is 13.3. The fourth-order valence-electron chi connectivity index (χ4n) is 5.51. The lowest BCUT2D eigenvalue weighted by Gasteiger charge is -2.38. The van der Waals surface area contributed by atoms with Gasteiger partial charge in [0.2, 0.25) is 0 Å². The van der Waals surface area contributed by atoms with E-state index < -0.39 is 0 Å². The summed E-state index contributed by atoms with van der Waals surface area (Å²) in [5, 5.41) is 9.46. The van der Waals surface area contributed by atoms with Crippen LogP contribution in [0.3, 0.4) is 0 Å². The van der Waals surface area contributed by atoms with Gasteiger partial charge < -0.3 is 10.6 Å². The van der Waals surface area contributed by atoms with Gasteiger partial charge in [-0.25, -0.2) is 0 Å². The molecular formula is C30H26N2O. The molecule has 2 N–H and O–H groups in total. The van der Waals surface area contributed by atoms with Gasteiger partial charge >= 0.3 is 0 Å². The molecule has 3 atom stereocenters. The molecule has 1 aliphatic heterocycles. The van der Waals surface area contributed by atoms with E-state index in [1.54, 1.807) is 0 Å². The lowest BCUT2D eigenvalue weighted by Crippen LogP contribution is -2.32. The maximum Gasteiger partial charge on any atom is 0.253 e. The molecule has 6 rings (SSSR count). The number of nitrogens with one attached hydrogen (secondary N) is 2. The minimum Gasteiger partial charge on any atom is -0.377 e. The summed E-state index contributed by atoms with van der Waals surface area (Å²) < 4.78 is 0. The molecule has 0 bridgehead atoms. The lowest BCUT2D eigenvalue weighted by molar-refractivity contribution is 0.0951. The molecule has 4 aromatic rings. The first-order valence-electron chi connectivity index (χ1n) is 11.7. The molecule has 0 radical (unpaired) electrons. The second-order valence-corrected chi connectivity index (χ2v) is 8.98. The minimum absolute atomic E-state index is 0.0414. The van der Waals surface area contributed by atoms with Crippen LogP contribution in [0.15, 0.2) is 103 Å². The number of allylic oxidation sites excluding steroid dienone is 2. The van der Waals surface area contributed by atoms with Crippen molar-refractivity contribution in [2.45, 2.75) is 24.9 Å². The van der Waals surface area contributed by atoms with E-state index >= 15 is 0 Å². The Morgan fingerprint density at radius 1 is 0.848 bits per heavy atom. The van der Waals surface area contributed by atoms with Crippen molar-refractivity contribution < 1.29 is 4.79 Å². The average Bonchev–Trinajstić information content (AvgIpc) is 3.37. The minimum atomic E-state index is -0.0414. The monoisotopic (exact) mass is 430 g/mol. The van der Waals surface area contributed by atoms with Gasteiger partial charge in [0, 0.05) is 12.5 Å². The number of rotatable bonds is 4. The summed E-state index contributed by atoms with van der Waals surface area (Å²) in [5.41, 5.74) is 5.30. The molecule has 0 spiro atoms. The summed E-state index contributed by atoms with van der Waals surface area (Å²) >= 11 is 0. The van der Waals surface area contributed by atoms with Crippen LogP contribution in [0, 0.1) is 5.92 Å². The largest absolute Gasteiger partial charge is 0.377 e. The van der Waals surface area contributed by atoms with E-state index in [1.807, 2.05) is 42.5 Å². The van der Waals surface area contributed by atoms with Gasteiger partial charge in [0.05, 0.1) is 17.3 Å². The van der Waals surface area contributed by atoms with E-state index in [1.165, 1.54) is 21.9 Å². The quantitative estimate of drug-likeness (QED) is 0.358. The van der Waals surface area contributed by atoms with Crippen molar-refractivity contribution in [2.75, 3.05) is 5.32 Å². The van der Waals surface area contributed by atoms with Gasteiger partial charge in [-0.2, -0.15) is 0 Å². The second kappa shape index (κ2) is 8.25. The molecule has 0 saturated heterocycles. The number of carbonyl (C=O) groups excluding carboxylic acids is 1. The molecule has 0 aromatic heterocycles. The van der Waals surface area contributed by atoms with E-state index in [4.69, 9.17) is 0 Å². The topological polar surface area (TPSA) is 41.1 Å². The van der Waals surface area contributed by atoms with Crippen molar-refractivity contribution in [3.05, 3.63) is 125 Å². The zero-order valence-electron chi connectivity index (χ0n) is 18.4. The first kappa shape index (κ1) is 19.8. The number of para-hydroxylation sites is 1. The summed E-state index contributed by atoms with van der Waals surface area (Å²) in [6.45, 7) is 0.516. The Morgan fingerprint density at radius 2 is 1.61 bits per heavy atom. The Balaban J connectivity index is 1.38. The second-order valence-electron chi connectivity index (χ2n) is 8.98. The van der Waals surface area contributed by atoms with E-state index in [0.29, 0.717) is 23.9 Å². The third kappa shape index (κ3) is 3.50. The van der Waals surface area contributed by atoms with E-state index in [9.17, 15) is 4.79 Å². The molecule has 33 heavy (non-hydrogen) atoms. The van der Waals surface area contributed by atoms with Crippen LogP contribution in [0.4, 0.5) is 5.69 Å². The van der Waals surface area contributed by atoms with Crippen molar-refractivity contribution in [3.8, 4) is 0 Å².